The standard InChI is InChI=1S/C20H18O10/c21-9-3-1-8(2-4-9)18-19(30-20-17(27)15(25)12(24)7-28-20)16(26)14-11(23)5-10(22)6-13(14)29-18/h1-6,12,15,17,20-25,27H,7H2/t12-,15-,17+,20?/m1/s1. The van der Waals surface area contributed by atoms with Gasteiger partial charge in [-0.05, 0) is 24.3 Å². The SMILES string of the molecule is O=c1c(OC2OC[C@@H](O)[C@@H](O)[C@@H]2O)c(-c2ccc(O)cc2)oc2cc(O)cc(O)c12. The molecular formula is C20H18O10. The minimum atomic E-state index is -1.68. The molecule has 0 spiro atoms. The molecule has 1 saturated heterocycles. The van der Waals surface area contributed by atoms with Gasteiger partial charge in [0, 0.05) is 17.7 Å². The normalized spacial score (nSPS) is 24.1. The summed E-state index contributed by atoms with van der Waals surface area (Å²) in [6, 6.07) is 7.65. The van der Waals surface area contributed by atoms with Gasteiger partial charge in [-0.1, -0.05) is 0 Å². The summed E-state index contributed by atoms with van der Waals surface area (Å²) in [5.74, 6) is -1.50. The van der Waals surface area contributed by atoms with Crippen molar-refractivity contribution in [1.29, 1.82) is 0 Å². The molecule has 1 fully saturated rings. The average molecular weight is 418 g/mol. The third-order valence-electron chi connectivity index (χ3n) is 4.74. The van der Waals surface area contributed by atoms with Gasteiger partial charge in [0.15, 0.2) is 5.76 Å². The highest BCUT2D eigenvalue weighted by atomic mass is 16.7. The van der Waals surface area contributed by atoms with Gasteiger partial charge in [0.05, 0.1) is 6.61 Å². The van der Waals surface area contributed by atoms with E-state index in [0.717, 1.165) is 12.1 Å². The first-order valence-corrected chi connectivity index (χ1v) is 8.91. The number of benzene rings is 2. The number of rotatable bonds is 3. The molecule has 0 aliphatic carbocycles. The summed E-state index contributed by atoms with van der Waals surface area (Å²) in [6.45, 7) is -0.352. The van der Waals surface area contributed by atoms with Crippen LogP contribution in [-0.2, 0) is 4.74 Å². The molecule has 4 rings (SSSR count). The maximum Gasteiger partial charge on any atom is 0.239 e. The second-order valence-electron chi connectivity index (χ2n) is 6.84. The highest BCUT2D eigenvalue weighted by Crippen LogP contribution is 2.37. The zero-order valence-corrected chi connectivity index (χ0v) is 15.3. The van der Waals surface area contributed by atoms with Crippen molar-refractivity contribution < 1.29 is 44.5 Å². The van der Waals surface area contributed by atoms with Gasteiger partial charge in [0.1, 0.15) is 46.5 Å². The van der Waals surface area contributed by atoms with Crippen molar-refractivity contribution in [2.24, 2.45) is 0 Å². The summed E-state index contributed by atoms with van der Waals surface area (Å²) in [5.41, 5.74) is -0.655. The highest BCUT2D eigenvalue weighted by Gasteiger charge is 2.40. The molecule has 2 heterocycles. The third-order valence-corrected chi connectivity index (χ3v) is 4.74. The Morgan fingerprint density at radius 3 is 2.33 bits per heavy atom. The van der Waals surface area contributed by atoms with Crippen molar-refractivity contribution in [2.75, 3.05) is 6.61 Å². The van der Waals surface area contributed by atoms with E-state index in [1.54, 1.807) is 0 Å². The van der Waals surface area contributed by atoms with Crippen LogP contribution in [0.5, 0.6) is 23.0 Å². The van der Waals surface area contributed by atoms with Crippen molar-refractivity contribution in [1.82, 2.24) is 0 Å². The Morgan fingerprint density at radius 2 is 1.63 bits per heavy atom. The average Bonchev–Trinajstić information content (AvgIpc) is 2.70. The van der Waals surface area contributed by atoms with Crippen LogP contribution in [0.25, 0.3) is 22.3 Å². The van der Waals surface area contributed by atoms with Crippen LogP contribution in [0.4, 0.5) is 0 Å². The van der Waals surface area contributed by atoms with Crippen molar-refractivity contribution in [3.63, 3.8) is 0 Å². The molecule has 10 heteroatoms. The first-order valence-electron chi connectivity index (χ1n) is 8.91. The monoisotopic (exact) mass is 418 g/mol. The lowest BCUT2D eigenvalue weighted by molar-refractivity contribution is -0.242. The van der Waals surface area contributed by atoms with Crippen LogP contribution in [0, 0.1) is 0 Å². The number of fused-ring (bicyclic) bond motifs is 1. The van der Waals surface area contributed by atoms with Crippen molar-refractivity contribution >= 4 is 11.0 Å². The summed E-state index contributed by atoms with van der Waals surface area (Å²) in [4.78, 5) is 13.1. The van der Waals surface area contributed by atoms with Gasteiger partial charge >= 0.3 is 0 Å². The van der Waals surface area contributed by atoms with E-state index in [1.807, 2.05) is 0 Å². The molecule has 0 bridgehead atoms. The highest BCUT2D eigenvalue weighted by molar-refractivity contribution is 5.88. The molecule has 3 aromatic rings. The molecule has 1 aliphatic rings. The zero-order chi connectivity index (χ0) is 21.6. The fourth-order valence-corrected chi connectivity index (χ4v) is 3.18. The molecule has 0 amide bonds. The summed E-state index contributed by atoms with van der Waals surface area (Å²) in [5, 5.41) is 58.7. The molecule has 6 N–H and O–H groups in total. The molecule has 30 heavy (non-hydrogen) atoms. The van der Waals surface area contributed by atoms with Gasteiger partial charge in [-0.25, -0.2) is 0 Å². The lowest BCUT2D eigenvalue weighted by atomic mass is 10.1. The van der Waals surface area contributed by atoms with Gasteiger partial charge in [0.2, 0.25) is 17.5 Å². The van der Waals surface area contributed by atoms with Crippen LogP contribution in [0.2, 0.25) is 0 Å². The van der Waals surface area contributed by atoms with E-state index in [2.05, 4.69) is 0 Å². The van der Waals surface area contributed by atoms with Crippen molar-refractivity contribution in [2.45, 2.75) is 24.6 Å². The number of aliphatic hydroxyl groups excluding tert-OH is 3. The first kappa shape index (κ1) is 20.0. The van der Waals surface area contributed by atoms with E-state index >= 15 is 0 Å². The molecule has 2 aromatic carbocycles. The fraction of sp³-hybridized carbons (Fsp3) is 0.250. The predicted octanol–water partition coefficient (Wildman–Crippen LogP) is 0.395. The van der Waals surface area contributed by atoms with Gasteiger partial charge in [0.25, 0.3) is 0 Å². The van der Waals surface area contributed by atoms with E-state index < -0.39 is 41.5 Å². The molecule has 1 unspecified atom stereocenters. The Bertz CT molecular complexity index is 1140. The van der Waals surface area contributed by atoms with Gasteiger partial charge < -0.3 is 44.5 Å². The van der Waals surface area contributed by atoms with Crippen LogP contribution >= 0.6 is 0 Å². The van der Waals surface area contributed by atoms with E-state index in [4.69, 9.17) is 13.9 Å². The summed E-state index contributed by atoms with van der Waals surface area (Å²) in [6.07, 6.45) is -6.10. The fourth-order valence-electron chi connectivity index (χ4n) is 3.18. The largest absolute Gasteiger partial charge is 0.508 e. The first-order chi connectivity index (χ1) is 14.3. The molecular weight excluding hydrogens is 400 g/mol. The van der Waals surface area contributed by atoms with Gasteiger partial charge in [-0.2, -0.15) is 0 Å². The van der Waals surface area contributed by atoms with Crippen LogP contribution < -0.4 is 10.2 Å². The smallest absolute Gasteiger partial charge is 0.239 e. The zero-order valence-electron chi connectivity index (χ0n) is 15.3. The van der Waals surface area contributed by atoms with Crippen molar-refractivity contribution in [3.8, 4) is 34.3 Å². The van der Waals surface area contributed by atoms with E-state index in [9.17, 15) is 35.4 Å². The van der Waals surface area contributed by atoms with Crippen molar-refractivity contribution in [3.05, 3.63) is 46.6 Å². The number of aliphatic hydroxyl groups is 3. The molecule has 1 aliphatic heterocycles. The molecule has 0 radical (unpaired) electrons. The minimum Gasteiger partial charge on any atom is -0.508 e. The third kappa shape index (κ3) is 3.42. The number of phenolic OH excluding ortho intramolecular Hbond substituents is 3. The molecule has 1 aromatic heterocycles. The molecule has 4 atom stereocenters. The molecule has 158 valence electrons. The number of hydrogen-bond acceptors (Lipinski definition) is 10. The van der Waals surface area contributed by atoms with Crippen LogP contribution in [0.15, 0.2) is 45.6 Å². The summed E-state index contributed by atoms with van der Waals surface area (Å²) in [7, 11) is 0. The summed E-state index contributed by atoms with van der Waals surface area (Å²) >= 11 is 0. The lowest BCUT2D eigenvalue weighted by Gasteiger charge is -2.34. The number of aromatic hydroxyl groups is 3. The quantitative estimate of drug-likeness (QED) is 0.350. The Morgan fingerprint density at radius 1 is 0.933 bits per heavy atom. The van der Waals surface area contributed by atoms with E-state index in [-0.39, 0.29) is 34.8 Å². The van der Waals surface area contributed by atoms with E-state index in [0.29, 0.717) is 5.56 Å². The number of hydrogen-bond donors (Lipinski definition) is 6. The molecule has 0 saturated carbocycles. The van der Waals surface area contributed by atoms with E-state index in [1.165, 1.54) is 24.3 Å². The minimum absolute atomic E-state index is 0.0391. The predicted molar refractivity (Wildman–Crippen MR) is 101 cm³/mol. The van der Waals surface area contributed by atoms with Crippen LogP contribution in [0.3, 0.4) is 0 Å². The molecule has 10 nitrogen and oxygen atoms in total. The van der Waals surface area contributed by atoms with Gasteiger partial charge in [-0.15, -0.1) is 0 Å². The second-order valence-corrected chi connectivity index (χ2v) is 6.84. The maximum absolute atomic E-state index is 13.1. The number of ether oxygens (including phenoxy) is 2. The maximum atomic E-state index is 13.1. The lowest BCUT2D eigenvalue weighted by Crippen LogP contribution is -2.55. The number of phenols is 3. The van der Waals surface area contributed by atoms with Crippen LogP contribution in [0.1, 0.15) is 0 Å². The summed E-state index contributed by atoms with van der Waals surface area (Å²) < 4.78 is 16.4. The Labute approximate surface area is 168 Å². The second kappa shape index (κ2) is 7.50. The Kier molecular flexibility index (Phi) is 5.00. The Balaban J connectivity index is 1.90. The van der Waals surface area contributed by atoms with Crippen LogP contribution in [-0.4, -0.2) is 61.8 Å². The van der Waals surface area contributed by atoms with Gasteiger partial charge in [-0.3, -0.25) is 4.79 Å². The Hall–Kier alpha value is -3.31. The topological polar surface area (TPSA) is 170 Å².